The van der Waals surface area contributed by atoms with Crippen LogP contribution in [0.4, 0.5) is 5.69 Å². The molecule has 0 aliphatic carbocycles. The predicted octanol–water partition coefficient (Wildman–Crippen LogP) is 4.16. The highest BCUT2D eigenvalue weighted by Gasteiger charge is 2.21. The summed E-state index contributed by atoms with van der Waals surface area (Å²) in [5.74, 6) is -0.440. The molecule has 0 fully saturated rings. The fourth-order valence-corrected chi connectivity index (χ4v) is 2.79. The van der Waals surface area contributed by atoms with Crippen LogP contribution in [-0.4, -0.2) is 15.8 Å². The second kappa shape index (κ2) is 7.76. The Morgan fingerprint density at radius 2 is 1.81 bits per heavy atom. The zero-order chi connectivity index (χ0) is 18.5. The number of carbonyl (C=O) groups excluding carboxylic acids is 1. The molecule has 1 amide bonds. The Bertz CT molecular complexity index is 894. The number of nitro groups is 1. The van der Waals surface area contributed by atoms with E-state index in [-0.39, 0.29) is 16.3 Å². The molecule has 7 heteroatoms. The fraction of sp³-hybridized carbons (Fsp3) is 0.0526. The van der Waals surface area contributed by atoms with Crippen LogP contribution < -0.4 is 5.32 Å². The van der Waals surface area contributed by atoms with Crippen molar-refractivity contribution in [1.29, 1.82) is 0 Å². The summed E-state index contributed by atoms with van der Waals surface area (Å²) in [4.78, 5) is 27.3. The van der Waals surface area contributed by atoms with E-state index in [2.05, 4.69) is 10.3 Å². The van der Waals surface area contributed by atoms with Crippen molar-refractivity contribution in [3.8, 4) is 0 Å². The van der Waals surface area contributed by atoms with Crippen LogP contribution in [0.3, 0.4) is 0 Å². The minimum absolute atomic E-state index is 0.0181. The first kappa shape index (κ1) is 17.6. The van der Waals surface area contributed by atoms with Crippen LogP contribution in [0.5, 0.6) is 0 Å². The van der Waals surface area contributed by atoms with Gasteiger partial charge in [-0.25, -0.2) is 0 Å². The van der Waals surface area contributed by atoms with Crippen molar-refractivity contribution in [1.82, 2.24) is 10.3 Å². The van der Waals surface area contributed by atoms with Gasteiger partial charge in [0.15, 0.2) is 0 Å². The summed E-state index contributed by atoms with van der Waals surface area (Å²) in [6, 6.07) is 18.1. The number of nitro benzene ring substituents is 1. The van der Waals surface area contributed by atoms with E-state index in [4.69, 9.17) is 11.6 Å². The van der Waals surface area contributed by atoms with Crippen molar-refractivity contribution in [2.24, 2.45) is 0 Å². The van der Waals surface area contributed by atoms with Crippen molar-refractivity contribution in [3.05, 3.63) is 105 Å². The number of pyridine rings is 1. The number of amides is 1. The lowest BCUT2D eigenvalue weighted by atomic mass is 10.0. The molecule has 3 rings (SSSR count). The number of carbonyl (C=O) groups is 1. The van der Waals surface area contributed by atoms with Gasteiger partial charge in [0.1, 0.15) is 0 Å². The van der Waals surface area contributed by atoms with E-state index < -0.39 is 16.9 Å². The van der Waals surface area contributed by atoms with Crippen LogP contribution in [-0.2, 0) is 0 Å². The normalized spacial score (nSPS) is 11.6. The van der Waals surface area contributed by atoms with Crippen molar-refractivity contribution < 1.29 is 9.72 Å². The quantitative estimate of drug-likeness (QED) is 0.542. The van der Waals surface area contributed by atoms with Crippen LogP contribution >= 0.6 is 11.6 Å². The van der Waals surface area contributed by atoms with Gasteiger partial charge in [-0.1, -0.05) is 48.0 Å². The Hall–Kier alpha value is -3.25. The number of non-ortho nitro benzene ring substituents is 1. The maximum absolute atomic E-state index is 12.7. The summed E-state index contributed by atoms with van der Waals surface area (Å²) in [6.45, 7) is 0. The van der Waals surface area contributed by atoms with Crippen molar-refractivity contribution in [3.63, 3.8) is 0 Å². The highest BCUT2D eigenvalue weighted by atomic mass is 35.5. The molecule has 0 bridgehead atoms. The van der Waals surface area contributed by atoms with E-state index in [0.29, 0.717) is 5.69 Å². The molecule has 1 atom stereocenters. The van der Waals surface area contributed by atoms with Crippen molar-refractivity contribution >= 4 is 23.2 Å². The molecule has 0 radical (unpaired) electrons. The number of nitrogens with zero attached hydrogens (tertiary/aromatic N) is 2. The third-order valence-electron chi connectivity index (χ3n) is 3.80. The third-order valence-corrected chi connectivity index (χ3v) is 4.11. The summed E-state index contributed by atoms with van der Waals surface area (Å²) in [7, 11) is 0. The van der Waals surface area contributed by atoms with Gasteiger partial charge in [-0.3, -0.25) is 19.9 Å². The van der Waals surface area contributed by atoms with Crippen LogP contribution in [0.15, 0.2) is 72.9 Å². The Morgan fingerprint density at radius 3 is 2.42 bits per heavy atom. The molecule has 1 unspecified atom stereocenters. The minimum atomic E-state index is -0.561. The molecule has 26 heavy (non-hydrogen) atoms. The van der Waals surface area contributed by atoms with Gasteiger partial charge in [-0.2, -0.15) is 0 Å². The predicted molar refractivity (Wildman–Crippen MR) is 98.1 cm³/mol. The molecule has 1 aromatic heterocycles. The first-order valence-corrected chi connectivity index (χ1v) is 8.15. The first-order valence-electron chi connectivity index (χ1n) is 7.77. The lowest BCUT2D eigenvalue weighted by Crippen LogP contribution is -2.30. The molecule has 6 nitrogen and oxygen atoms in total. The summed E-state index contributed by atoms with van der Waals surface area (Å²) in [5, 5.41) is 13.7. The summed E-state index contributed by atoms with van der Waals surface area (Å²) in [6.07, 6.45) is 1.65. The molecule has 0 aliphatic heterocycles. The largest absolute Gasteiger partial charge is 0.339 e. The molecule has 2 aromatic carbocycles. The average Bonchev–Trinajstić information content (AvgIpc) is 2.67. The third kappa shape index (κ3) is 3.87. The molecule has 1 heterocycles. The molecule has 1 N–H and O–H groups in total. The van der Waals surface area contributed by atoms with E-state index >= 15 is 0 Å². The lowest BCUT2D eigenvalue weighted by Gasteiger charge is -2.19. The van der Waals surface area contributed by atoms with Crippen LogP contribution in [0, 0.1) is 10.1 Å². The molecule has 3 aromatic rings. The molecular formula is C19H14ClN3O3. The summed E-state index contributed by atoms with van der Waals surface area (Å²) in [5.41, 5.74) is 1.52. The monoisotopic (exact) mass is 367 g/mol. The van der Waals surface area contributed by atoms with E-state index in [1.807, 2.05) is 42.5 Å². The first-order chi connectivity index (χ1) is 12.6. The SMILES string of the molecule is O=C(NC(c1ccccc1)c1ccccn1)c1ccc([N+](=O)[O-])cc1Cl. The molecule has 130 valence electrons. The van der Waals surface area contributed by atoms with E-state index in [1.54, 1.807) is 12.3 Å². The number of halogens is 1. The standard InChI is InChI=1S/C19H14ClN3O3/c20-16-12-14(23(25)26)9-10-15(16)19(24)22-18(13-6-2-1-3-7-13)17-8-4-5-11-21-17/h1-12,18H,(H,22,24). The van der Waals surface area contributed by atoms with E-state index in [0.717, 1.165) is 11.6 Å². The molecule has 0 saturated heterocycles. The molecule has 0 aliphatic rings. The maximum atomic E-state index is 12.7. The van der Waals surface area contributed by atoms with Crippen molar-refractivity contribution in [2.45, 2.75) is 6.04 Å². The number of rotatable bonds is 5. The summed E-state index contributed by atoms with van der Waals surface area (Å²) >= 11 is 6.06. The fourth-order valence-electron chi connectivity index (χ4n) is 2.53. The number of benzene rings is 2. The molecule has 0 saturated carbocycles. The second-order valence-corrected chi connectivity index (χ2v) is 5.90. The Labute approximate surface area is 154 Å². The van der Waals surface area contributed by atoms with E-state index in [9.17, 15) is 14.9 Å². The van der Waals surface area contributed by atoms with Gasteiger partial charge < -0.3 is 5.32 Å². The minimum Gasteiger partial charge on any atom is -0.339 e. The van der Waals surface area contributed by atoms with Gasteiger partial charge in [0.2, 0.25) is 0 Å². The zero-order valence-corrected chi connectivity index (χ0v) is 14.3. The number of nitrogens with one attached hydrogen (secondary N) is 1. The number of hydrogen-bond acceptors (Lipinski definition) is 4. The van der Waals surface area contributed by atoms with Gasteiger partial charge in [0, 0.05) is 18.3 Å². The van der Waals surface area contributed by atoms with Crippen LogP contribution in [0.2, 0.25) is 5.02 Å². The maximum Gasteiger partial charge on any atom is 0.270 e. The van der Waals surface area contributed by atoms with Gasteiger partial charge in [-0.15, -0.1) is 0 Å². The Morgan fingerprint density at radius 1 is 1.08 bits per heavy atom. The van der Waals surface area contributed by atoms with Gasteiger partial charge >= 0.3 is 0 Å². The topological polar surface area (TPSA) is 85.1 Å². The van der Waals surface area contributed by atoms with Gasteiger partial charge in [0.05, 0.1) is 27.2 Å². The zero-order valence-electron chi connectivity index (χ0n) is 13.5. The number of aromatic nitrogens is 1. The van der Waals surface area contributed by atoms with E-state index in [1.165, 1.54) is 12.1 Å². The smallest absolute Gasteiger partial charge is 0.270 e. The number of hydrogen-bond donors (Lipinski definition) is 1. The van der Waals surface area contributed by atoms with Gasteiger partial charge in [-0.05, 0) is 23.8 Å². The highest BCUT2D eigenvalue weighted by molar-refractivity contribution is 6.34. The second-order valence-electron chi connectivity index (χ2n) is 5.49. The van der Waals surface area contributed by atoms with Crippen molar-refractivity contribution in [2.75, 3.05) is 0 Å². The molecule has 0 spiro atoms. The van der Waals surface area contributed by atoms with Gasteiger partial charge in [0.25, 0.3) is 11.6 Å². The Balaban J connectivity index is 1.92. The van der Waals surface area contributed by atoms with Crippen LogP contribution in [0.1, 0.15) is 27.7 Å². The highest BCUT2D eigenvalue weighted by Crippen LogP contribution is 2.25. The van der Waals surface area contributed by atoms with Crippen LogP contribution in [0.25, 0.3) is 0 Å². The Kier molecular flexibility index (Phi) is 5.24. The lowest BCUT2D eigenvalue weighted by molar-refractivity contribution is -0.384. The summed E-state index contributed by atoms with van der Waals surface area (Å²) < 4.78 is 0. The molecular weight excluding hydrogens is 354 g/mol. The average molecular weight is 368 g/mol.